The molecule has 0 aliphatic heterocycles. The molecule has 0 aliphatic rings. The number of fused-ring (bicyclic) bond motifs is 6. The highest BCUT2D eigenvalue weighted by molar-refractivity contribution is 6.24. The van der Waals surface area contributed by atoms with Crippen LogP contribution in [-0.4, -0.2) is 9.55 Å². The van der Waals surface area contributed by atoms with E-state index >= 15 is 0 Å². The first-order valence-corrected chi connectivity index (χ1v) is 18.9. The maximum absolute atomic E-state index is 4.20. The van der Waals surface area contributed by atoms with Gasteiger partial charge in [-0.25, -0.2) is 0 Å². The minimum absolute atomic E-state index is 1.17. The second-order valence-electron chi connectivity index (χ2n) is 14.3. The molecule has 2 nitrogen and oxygen atoms in total. The zero-order valence-corrected chi connectivity index (χ0v) is 30.0. The lowest BCUT2D eigenvalue weighted by atomic mass is 9.83. The molecule has 2 aromatic heterocycles. The molecule has 2 heterocycles. The molecule has 0 saturated heterocycles. The third-order valence-corrected chi connectivity index (χ3v) is 11.3. The number of nitrogens with zero attached hydrogens (tertiary/aromatic N) is 2. The predicted molar refractivity (Wildman–Crippen MR) is 233 cm³/mol. The van der Waals surface area contributed by atoms with Gasteiger partial charge in [-0.3, -0.25) is 4.98 Å². The van der Waals surface area contributed by atoms with Gasteiger partial charge in [-0.2, -0.15) is 0 Å². The topological polar surface area (TPSA) is 17.8 Å². The molecule has 256 valence electrons. The van der Waals surface area contributed by atoms with Crippen LogP contribution in [0, 0.1) is 0 Å². The van der Waals surface area contributed by atoms with Crippen molar-refractivity contribution in [2.24, 2.45) is 0 Å². The number of hydrogen-bond acceptors (Lipinski definition) is 1. The average Bonchev–Trinajstić information content (AvgIpc) is 3.60. The lowest BCUT2D eigenvalue weighted by Crippen LogP contribution is -1.97. The fraction of sp³-hybridized carbons (Fsp3) is 0. The second-order valence-corrected chi connectivity index (χ2v) is 14.3. The Hall–Kier alpha value is -7.29. The molecule has 0 bridgehead atoms. The lowest BCUT2D eigenvalue weighted by Gasteiger charge is -2.21. The van der Waals surface area contributed by atoms with Crippen LogP contribution in [-0.2, 0) is 0 Å². The van der Waals surface area contributed by atoms with E-state index in [0.717, 1.165) is 0 Å². The summed E-state index contributed by atoms with van der Waals surface area (Å²) < 4.78 is 2.44. The van der Waals surface area contributed by atoms with Gasteiger partial charge in [-0.05, 0) is 108 Å². The van der Waals surface area contributed by atoms with Gasteiger partial charge in [0, 0.05) is 28.6 Å². The molecular weight excluding hydrogens is 665 g/mol. The van der Waals surface area contributed by atoms with Crippen LogP contribution in [0.3, 0.4) is 0 Å². The number of rotatable bonds is 5. The van der Waals surface area contributed by atoms with E-state index in [0.29, 0.717) is 0 Å². The zero-order valence-electron chi connectivity index (χ0n) is 30.0. The predicted octanol–water partition coefficient (Wildman–Crippen LogP) is 14.3. The first-order chi connectivity index (χ1) is 27.3. The summed E-state index contributed by atoms with van der Waals surface area (Å²) in [5, 5.41) is 9.97. The summed E-state index contributed by atoms with van der Waals surface area (Å²) in [7, 11) is 0. The number of aromatic nitrogens is 2. The molecule has 0 spiro atoms. The van der Waals surface area contributed by atoms with Crippen LogP contribution in [0.1, 0.15) is 0 Å². The van der Waals surface area contributed by atoms with Gasteiger partial charge in [0.2, 0.25) is 0 Å². The van der Waals surface area contributed by atoms with Crippen LogP contribution in [0.4, 0.5) is 0 Å². The van der Waals surface area contributed by atoms with Crippen LogP contribution in [0.25, 0.3) is 104 Å². The van der Waals surface area contributed by atoms with Crippen LogP contribution < -0.4 is 0 Å². The fourth-order valence-corrected chi connectivity index (χ4v) is 8.84. The van der Waals surface area contributed by atoms with Crippen molar-refractivity contribution in [2.75, 3.05) is 0 Å². The molecule has 9 aromatic carbocycles. The van der Waals surface area contributed by atoms with E-state index in [-0.39, 0.29) is 0 Å². The largest absolute Gasteiger partial charge is 0.309 e. The van der Waals surface area contributed by atoms with Crippen molar-refractivity contribution in [2.45, 2.75) is 0 Å². The van der Waals surface area contributed by atoms with Gasteiger partial charge >= 0.3 is 0 Å². The summed E-state index contributed by atoms with van der Waals surface area (Å²) in [4.78, 5) is 4.20. The van der Waals surface area contributed by atoms with E-state index < -0.39 is 0 Å². The van der Waals surface area contributed by atoms with Crippen LogP contribution in [0.15, 0.2) is 207 Å². The molecule has 0 atom stereocenters. The standard InChI is InChI=1S/C53H34N2/c1-2-12-38(13-3-1)52-44-18-6-7-19-45(44)53(47-27-26-39(34-48(47)52)36-24-22-35(23-25-36)37-30-32-54-33-31-37)46-28-29-51(41-15-5-4-14-40(41)46)55-49-20-10-8-16-42(49)43-17-9-11-21-50(43)55/h1-34H. The van der Waals surface area contributed by atoms with Gasteiger partial charge < -0.3 is 4.57 Å². The normalized spacial score (nSPS) is 11.6. The van der Waals surface area contributed by atoms with Crippen molar-refractivity contribution < 1.29 is 0 Å². The van der Waals surface area contributed by atoms with Crippen LogP contribution >= 0.6 is 0 Å². The lowest BCUT2D eigenvalue weighted by molar-refractivity contribution is 1.20. The quantitative estimate of drug-likeness (QED) is 0.164. The number of para-hydroxylation sites is 2. The third-order valence-electron chi connectivity index (χ3n) is 11.3. The van der Waals surface area contributed by atoms with Crippen molar-refractivity contribution in [3.8, 4) is 50.2 Å². The van der Waals surface area contributed by atoms with E-state index in [2.05, 4.69) is 204 Å². The maximum Gasteiger partial charge on any atom is 0.0541 e. The first-order valence-electron chi connectivity index (χ1n) is 18.9. The monoisotopic (exact) mass is 698 g/mol. The van der Waals surface area contributed by atoms with Gasteiger partial charge in [-0.1, -0.05) is 158 Å². The highest BCUT2D eigenvalue weighted by atomic mass is 15.0. The number of hydrogen-bond donors (Lipinski definition) is 0. The van der Waals surface area contributed by atoms with E-state index in [1.165, 1.54) is 104 Å². The highest BCUT2D eigenvalue weighted by Crippen LogP contribution is 2.47. The third kappa shape index (κ3) is 5.00. The Morgan fingerprint density at radius 3 is 1.45 bits per heavy atom. The van der Waals surface area contributed by atoms with E-state index in [1.54, 1.807) is 0 Å². The van der Waals surface area contributed by atoms with Crippen molar-refractivity contribution in [3.63, 3.8) is 0 Å². The Balaban J connectivity index is 1.18. The molecule has 0 unspecified atom stereocenters. The number of benzene rings is 9. The molecule has 0 amide bonds. The fourth-order valence-electron chi connectivity index (χ4n) is 8.84. The zero-order chi connectivity index (χ0) is 36.3. The van der Waals surface area contributed by atoms with Crippen LogP contribution in [0.2, 0.25) is 0 Å². The second kappa shape index (κ2) is 12.7. The Kier molecular flexibility index (Phi) is 7.21. The summed E-state index contributed by atoms with van der Waals surface area (Å²) in [6.45, 7) is 0. The summed E-state index contributed by atoms with van der Waals surface area (Å²) in [5.74, 6) is 0. The SMILES string of the molecule is c1ccc(-c2c3ccccc3c(-c3ccc(-n4c5ccccc5c5ccccc54)c4ccccc34)c3ccc(-c4ccc(-c5ccncc5)cc4)cc23)cc1. The Morgan fingerprint density at radius 1 is 0.291 bits per heavy atom. The van der Waals surface area contributed by atoms with Gasteiger partial charge in [0.15, 0.2) is 0 Å². The molecule has 0 fully saturated rings. The average molecular weight is 699 g/mol. The minimum atomic E-state index is 1.17. The van der Waals surface area contributed by atoms with Crippen molar-refractivity contribution >= 4 is 54.1 Å². The molecule has 0 N–H and O–H groups in total. The molecule has 11 rings (SSSR count). The minimum Gasteiger partial charge on any atom is -0.309 e. The van der Waals surface area contributed by atoms with Gasteiger partial charge in [0.1, 0.15) is 0 Å². The molecular formula is C53H34N2. The van der Waals surface area contributed by atoms with Crippen molar-refractivity contribution in [3.05, 3.63) is 207 Å². The molecule has 0 radical (unpaired) electrons. The highest BCUT2D eigenvalue weighted by Gasteiger charge is 2.21. The Bertz CT molecular complexity index is 3180. The first kappa shape index (κ1) is 31.3. The summed E-state index contributed by atoms with van der Waals surface area (Å²) >= 11 is 0. The van der Waals surface area contributed by atoms with Gasteiger partial charge in [0.05, 0.1) is 16.7 Å². The van der Waals surface area contributed by atoms with E-state index in [1.807, 2.05) is 12.4 Å². The Morgan fingerprint density at radius 2 is 0.782 bits per heavy atom. The van der Waals surface area contributed by atoms with Gasteiger partial charge in [0.25, 0.3) is 0 Å². The van der Waals surface area contributed by atoms with Crippen LogP contribution in [0.5, 0.6) is 0 Å². The molecule has 11 aromatic rings. The molecule has 0 aliphatic carbocycles. The molecule has 0 saturated carbocycles. The molecule has 55 heavy (non-hydrogen) atoms. The summed E-state index contributed by atoms with van der Waals surface area (Å²) in [6, 6.07) is 71.1. The maximum atomic E-state index is 4.20. The number of pyridine rings is 1. The Labute approximate surface area is 319 Å². The molecule has 2 heteroatoms. The van der Waals surface area contributed by atoms with E-state index in [4.69, 9.17) is 0 Å². The van der Waals surface area contributed by atoms with Crippen molar-refractivity contribution in [1.82, 2.24) is 9.55 Å². The smallest absolute Gasteiger partial charge is 0.0541 e. The summed E-state index contributed by atoms with van der Waals surface area (Å²) in [6.07, 6.45) is 3.70. The van der Waals surface area contributed by atoms with Crippen molar-refractivity contribution in [1.29, 1.82) is 0 Å². The van der Waals surface area contributed by atoms with E-state index in [9.17, 15) is 0 Å². The van der Waals surface area contributed by atoms with Gasteiger partial charge in [-0.15, -0.1) is 0 Å². The summed E-state index contributed by atoms with van der Waals surface area (Å²) in [5.41, 5.74) is 13.3.